The topological polar surface area (TPSA) is 56.7 Å². The van der Waals surface area contributed by atoms with Crippen LogP contribution in [-0.4, -0.2) is 58.1 Å². The summed E-state index contributed by atoms with van der Waals surface area (Å²) >= 11 is 0. The van der Waals surface area contributed by atoms with Crippen LogP contribution >= 0.6 is 0 Å². The number of aliphatic hydroxyl groups excluding tert-OH is 1. The fourth-order valence-electron chi connectivity index (χ4n) is 4.47. The van der Waals surface area contributed by atoms with Gasteiger partial charge in [0.25, 0.3) is 0 Å². The van der Waals surface area contributed by atoms with Crippen molar-refractivity contribution >= 4 is 5.91 Å². The molecule has 0 saturated carbocycles. The van der Waals surface area contributed by atoms with E-state index >= 15 is 0 Å². The molecule has 1 N–H and O–H groups in total. The molecule has 0 radical (unpaired) electrons. The van der Waals surface area contributed by atoms with Crippen LogP contribution in [0.3, 0.4) is 0 Å². The molecular formula is C18H27N3O2. The van der Waals surface area contributed by atoms with Crippen LogP contribution in [0.1, 0.15) is 38.3 Å². The minimum atomic E-state index is -0.0713. The number of likely N-dealkylation sites (N-methyl/N-ethyl adjacent to an activating group) is 1. The molecule has 126 valence electrons. The Morgan fingerprint density at radius 3 is 2.91 bits per heavy atom. The molecule has 23 heavy (non-hydrogen) atoms. The molecule has 2 saturated heterocycles. The van der Waals surface area contributed by atoms with E-state index in [-0.39, 0.29) is 24.0 Å². The second kappa shape index (κ2) is 6.57. The lowest BCUT2D eigenvalue weighted by Gasteiger charge is -2.35. The van der Waals surface area contributed by atoms with Gasteiger partial charge in [-0.15, -0.1) is 0 Å². The monoisotopic (exact) mass is 317 g/mol. The molecule has 2 bridgehead atoms. The van der Waals surface area contributed by atoms with E-state index in [0.717, 1.165) is 31.4 Å². The van der Waals surface area contributed by atoms with Crippen molar-refractivity contribution in [3.8, 4) is 0 Å². The fourth-order valence-corrected chi connectivity index (χ4v) is 4.47. The summed E-state index contributed by atoms with van der Waals surface area (Å²) in [5, 5.41) is 9.86. The van der Waals surface area contributed by atoms with Gasteiger partial charge in [-0.1, -0.05) is 13.0 Å². The first kappa shape index (κ1) is 16.4. The van der Waals surface area contributed by atoms with Gasteiger partial charge in [0.1, 0.15) is 0 Å². The second-order valence-corrected chi connectivity index (χ2v) is 7.12. The Balaban J connectivity index is 1.63. The van der Waals surface area contributed by atoms with Crippen LogP contribution < -0.4 is 0 Å². The fraction of sp³-hybridized carbons (Fsp3) is 0.667. The van der Waals surface area contributed by atoms with E-state index in [1.165, 1.54) is 0 Å². The number of nitrogens with zero attached hydrogens (tertiary/aromatic N) is 3. The van der Waals surface area contributed by atoms with Gasteiger partial charge in [0.2, 0.25) is 5.91 Å². The lowest BCUT2D eigenvalue weighted by Crippen LogP contribution is -2.45. The number of aromatic nitrogens is 1. The summed E-state index contributed by atoms with van der Waals surface area (Å²) in [7, 11) is 1.96. The predicted octanol–water partition coefficient (Wildman–Crippen LogP) is 1.67. The number of amides is 1. The number of carbonyl (C=O) groups is 1. The maximum absolute atomic E-state index is 12.8. The minimum Gasteiger partial charge on any atom is -0.396 e. The first-order valence-corrected chi connectivity index (χ1v) is 8.60. The van der Waals surface area contributed by atoms with Crippen molar-refractivity contribution in [2.45, 2.75) is 51.2 Å². The molecule has 3 atom stereocenters. The Labute approximate surface area is 138 Å². The number of aliphatic hydroxyl groups is 1. The molecule has 3 heterocycles. The van der Waals surface area contributed by atoms with Crippen molar-refractivity contribution < 1.29 is 9.90 Å². The number of hydrogen-bond acceptors (Lipinski definition) is 4. The quantitative estimate of drug-likeness (QED) is 0.867. The number of fused-ring (bicyclic) bond motifs is 2. The van der Waals surface area contributed by atoms with E-state index in [4.69, 9.17) is 0 Å². The molecule has 0 spiro atoms. The van der Waals surface area contributed by atoms with E-state index in [9.17, 15) is 9.90 Å². The van der Waals surface area contributed by atoms with Gasteiger partial charge in [0.15, 0.2) is 0 Å². The van der Waals surface area contributed by atoms with E-state index in [0.29, 0.717) is 19.1 Å². The minimum absolute atomic E-state index is 0.0713. The average Bonchev–Trinajstić information content (AvgIpc) is 3.11. The summed E-state index contributed by atoms with van der Waals surface area (Å²) in [4.78, 5) is 21.2. The molecule has 5 heteroatoms. The number of pyridine rings is 1. The predicted molar refractivity (Wildman–Crippen MR) is 88.7 cm³/mol. The third kappa shape index (κ3) is 3.00. The summed E-state index contributed by atoms with van der Waals surface area (Å²) in [6.07, 6.45) is 5.80. The molecule has 2 aliphatic rings. The van der Waals surface area contributed by atoms with E-state index < -0.39 is 0 Å². The lowest BCUT2D eigenvalue weighted by atomic mass is 9.72. The zero-order valence-electron chi connectivity index (χ0n) is 14.1. The molecule has 1 aromatic rings. The molecule has 2 fully saturated rings. The Kier molecular flexibility index (Phi) is 4.69. The summed E-state index contributed by atoms with van der Waals surface area (Å²) in [6, 6.07) is 6.39. The van der Waals surface area contributed by atoms with Gasteiger partial charge in [-0.25, -0.2) is 0 Å². The molecule has 3 rings (SSSR count). The summed E-state index contributed by atoms with van der Waals surface area (Å²) in [6.45, 7) is 3.41. The zero-order chi connectivity index (χ0) is 16.4. The molecule has 0 aliphatic carbocycles. The van der Waals surface area contributed by atoms with Crippen LogP contribution in [0, 0.1) is 5.41 Å². The van der Waals surface area contributed by atoms with Gasteiger partial charge < -0.3 is 10.0 Å². The van der Waals surface area contributed by atoms with Gasteiger partial charge in [0, 0.05) is 30.2 Å². The van der Waals surface area contributed by atoms with Crippen LogP contribution in [-0.2, 0) is 11.3 Å². The Morgan fingerprint density at radius 2 is 2.30 bits per heavy atom. The largest absolute Gasteiger partial charge is 0.396 e. The summed E-state index contributed by atoms with van der Waals surface area (Å²) < 4.78 is 0. The summed E-state index contributed by atoms with van der Waals surface area (Å²) in [5.74, 6) is 0.194. The highest BCUT2D eigenvalue weighted by Gasteiger charge is 2.56. The molecule has 1 aromatic heterocycles. The van der Waals surface area contributed by atoms with Gasteiger partial charge >= 0.3 is 0 Å². The van der Waals surface area contributed by atoms with Crippen LogP contribution in [0.4, 0.5) is 0 Å². The van der Waals surface area contributed by atoms with E-state index in [1.807, 2.05) is 30.1 Å². The SMILES string of the molecule is CC[C@]1(CO)C[C@H]2CC[C@@H]1N2C(=O)CN(C)Cc1ccccn1. The van der Waals surface area contributed by atoms with Crippen molar-refractivity contribution in [1.29, 1.82) is 0 Å². The number of carbonyl (C=O) groups excluding carboxylic acids is 1. The Bertz CT molecular complexity index is 544. The van der Waals surface area contributed by atoms with Gasteiger partial charge in [-0.2, -0.15) is 0 Å². The standard InChI is InChI=1S/C18H27N3O2/c1-3-18(13-22)10-15-7-8-16(18)21(15)17(23)12-20(2)11-14-6-4-5-9-19-14/h4-6,9,15-16,22H,3,7-8,10-13H2,1-2H3/t15-,16+,18-/m1/s1. The van der Waals surface area contributed by atoms with Crippen molar-refractivity contribution in [2.75, 3.05) is 20.2 Å². The van der Waals surface area contributed by atoms with Crippen LogP contribution in [0.2, 0.25) is 0 Å². The Morgan fingerprint density at radius 1 is 1.48 bits per heavy atom. The molecular weight excluding hydrogens is 290 g/mol. The third-order valence-electron chi connectivity index (χ3n) is 5.72. The molecule has 5 nitrogen and oxygen atoms in total. The highest BCUT2D eigenvalue weighted by atomic mass is 16.3. The second-order valence-electron chi connectivity index (χ2n) is 7.12. The molecule has 2 aliphatic heterocycles. The number of rotatable bonds is 6. The van der Waals surface area contributed by atoms with Gasteiger partial charge in [0.05, 0.1) is 18.8 Å². The Hall–Kier alpha value is -1.46. The first-order valence-electron chi connectivity index (χ1n) is 8.60. The van der Waals surface area contributed by atoms with Crippen LogP contribution in [0.15, 0.2) is 24.4 Å². The normalized spacial score (nSPS) is 29.5. The average molecular weight is 317 g/mol. The van der Waals surface area contributed by atoms with Crippen LogP contribution in [0.5, 0.6) is 0 Å². The molecule has 0 aromatic carbocycles. The van der Waals surface area contributed by atoms with Gasteiger partial charge in [-0.05, 0) is 44.9 Å². The maximum Gasteiger partial charge on any atom is 0.237 e. The van der Waals surface area contributed by atoms with Crippen molar-refractivity contribution in [1.82, 2.24) is 14.8 Å². The highest BCUT2D eigenvalue weighted by Crippen LogP contribution is 2.51. The highest BCUT2D eigenvalue weighted by molar-refractivity contribution is 5.80. The zero-order valence-corrected chi connectivity index (χ0v) is 14.1. The van der Waals surface area contributed by atoms with Crippen LogP contribution in [0.25, 0.3) is 0 Å². The maximum atomic E-state index is 12.8. The lowest BCUT2D eigenvalue weighted by molar-refractivity contribution is -0.134. The molecule has 0 unspecified atom stereocenters. The van der Waals surface area contributed by atoms with Crippen molar-refractivity contribution in [2.24, 2.45) is 5.41 Å². The van der Waals surface area contributed by atoms with E-state index in [2.05, 4.69) is 16.8 Å². The first-order chi connectivity index (χ1) is 11.1. The van der Waals surface area contributed by atoms with Gasteiger partial charge in [-0.3, -0.25) is 14.7 Å². The molecule has 1 amide bonds. The number of hydrogen-bond donors (Lipinski definition) is 1. The third-order valence-corrected chi connectivity index (χ3v) is 5.72. The summed E-state index contributed by atoms with van der Waals surface area (Å²) in [5.41, 5.74) is 0.906. The van der Waals surface area contributed by atoms with E-state index in [1.54, 1.807) is 6.20 Å². The van der Waals surface area contributed by atoms with Crippen molar-refractivity contribution in [3.05, 3.63) is 30.1 Å². The smallest absolute Gasteiger partial charge is 0.237 e. The van der Waals surface area contributed by atoms with Crippen molar-refractivity contribution in [3.63, 3.8) is 0 Å².